The second-order valence-corrected chi connectivity index (χ2v) is 4.35. The van der Waals surface area contributed by atoms with Gasteiger partial charge in [0.2, 0.25) is 0 Å². The number of hydrogen-bond acceptors (Lipinski definition) is 3. The molecule has 2 atom stereocenters. The zero-order chi connectivity index (χ0) is 10.1. The van der Waals surface area contributed by atoms with E-state index in [2.05, 4.69) is 15.9 Å². The SMILES string of the molecule is COc1ccc2c(c1)OCC(Br)C2O. The highest BCUT2D eigenvalue weighted by Gasteiger charge is 2.27. The predicted molar refractivity (Wildman–Crippen MR) is 56.2 cm³/mol. The minimum Gasteiger partial charge on any atom is -0.497 e. The first-order chi connectivity index (χ1) is 6.72. The molecule has 0 spiro atoms. The fraction of sp³-hybridized carbons (Fsp3) is 0.400. The minimum absolute atomic E-state index is 0.0385. The van der Waals surface area contributed by atoms with Crippen molar-refractivity contribution >= 4 is 15.9 Å². The van der Waals surface area contributed by atoms with Crippen molar-refractivity contribution in [1.29, 1.82) is 0 Å². The first-order valence-corrected chi connectivity index (χ1v) is 5.27. The highest BCUT2D eigenvalue weighted by atomic mass is 79.9. The molecule has 1 N–H and O–H groups in total. The van der Waals surface area contributed by atoms with Crippen molar-refractivity contribution in [3.05, 3.63) is 23.8 Å². The van der Waals surface area contributed by atoms with E-state index in [4.69, 9.17) is 9.47 Å². The molecule has 3 nitrogen and oxygen atoms in total. The van der Waals surface area contributed by atoms with Crippen LogP contribution < -0.4 is 9.47 Å². The molecule has 76 valence electrons. The maximum atomic E-state index is 9.83. The van der Waals surface area contributed by atoms with Gasteiger partial charge in [0.15, 0.2) is 0 Å². The molecule has 0 fully saturated rings. The molecule has 2 rings (SSSR count). The van der Waals surface area contributed by atoms with Crippen LogP contribution in [0.4, 0.5) is 0 Å². The molecule has 2 unspecified atom stereocenters. The van der Waals surface area contributed by atoms with Crippen LogP contribution in [0.5, 0.6) is 11.5 Å². The molecule has 1 heterocycles. The number of halogens is 1. The fourth-order valence-electron chi connectivity index (χ4n) is 1.47. The number of rotatable bonds is 1. The van der Waals surface area contributed by atoms with Crippen molar-refractivity contribution in [2.24, 2.45) is 0 Å². The Morgan fingerprint density at radius 2 is 2.36 bits per heavy atom. The number of ether oxygens (including phenoxy) is 2. The average Bonchev–Trinajstić information content (AvgIpc) is 2.23. The number of hydrogen-bond donors (Lipinski definition) is 1. The van der Waals surface area contributed by atoms with Crippen molar-refractivity contribution < 1.29 is 14.6 Å². The zero-order valence-corrected chi connectivity index (χ0v) is 9.32. The summed E-state index contributed by atoms with van der Waals surface area (Å²) in [6, 6.07) is 5.43. The van der Waals surface area contributed by atoms with Crippen LogP contribution in [0.2, 0.25) is 0 Å². The lowest BCUT2D eigenvalue weighted by molar-refractivity contribution is 0.125. The van der Waals surface area contributed by atoms with Crippen LogP contribution in [-0.2, 0) is 0 Å². The van der Waals surface area contributed by atoms with Crippen LogP contribution in [0.3, 0.4) is 0 Å². The van der Waals surface area contributed by atoms with E-state index in [9.17, 15) is 5.11 Å². The fourth-order valence-corrected chi connectivity index (χ4v) is 1.88. The van der Waals surface area contributed by atoms with Gasteiger partial charge in [0.05, 0.1) is 18.0 Å². The Bertz CT molecular complexity index is 340. The Morgan fingerprint density at radius 3 is 3.07 bits per heavy atom. The maximum absolute atomic E-state index is 9.83. The molecule has 0 bridgehead atoms. The summed E-state index contributed by atoms with van der Waals surface area (Å²) >= 11 is 3.35. The largest absolute Gasteiger partial charge is 0.497 e. The monoisotopic (exact) mass is 258 g/mol. The van der Waals surface area contributed by atoms with E-state index in [1.807, 2.05) is 12.1 Å². The lowest BCUT2D eigenvalue weighted by Gasteiger charge is -2.26. The third kappa shape index (κ3) is 1.60. The lowest BCUT2D eigenvalue weighted by atomic mass is 10.0. The minimum atomic E-state index is -0.510. The molecule has 0 radical (unpaired) electrons. The van der Waals surface area contributed by atoms with Gasteiger partial charge in [-0.2, -0.15) is 0 Å². The van der Waals surface area contributed by atoms with Gasteiger partial charge in [-0.15, -0.1) is 0 Å². The molecule has 1 aromatic carbocycles. The molecule has 0 saturated heterocycles. The number of benzene rings is 1. The van der Waals surface area contributed by atoms with Gasteiger partial charge in [-0.3, -0.25) is 0 Å². The van der Waals surface area contributed by atoms with Crippen LogP contribution >= 0.6 is 15.9 Å². The third-order valence-corrected chi connectivity index (χ3v) is 3.05. The van der Waals surface area contributed by atoms with Crippen LogP contribution in [-0.4, -0.2) is 23.7 Å². The van der Waals surface area contributed by atoms with E-state index in [1.54, 1.807) is 13.2 Å². The van der Waals surface area contributed by atoms with Gasteiger partial charge in [-0.05, 0) is 12.1 Å². The van der Waals surface area contributed by atoms with Gasteiger partial charge in [-0.25, -0.2) is 0 Å². The van der Waals surface area contributed by atoms with E-state index in [1.165, 1.54) is 0 Å². The first-order valence-electron chi connectivity index (χ1n) is 4.35. The van der Waals surface area contributed by atoms with Gasteiger partial charge in [0.25, 0.3) is 0 Å². The summed E-state index contributed by atoms with van der Waals surface area (Å²) in [5.41, 5.74) is 0.805. The molecule has 0 amide bonds. The normalized spacial score (nSPS) is 25.1. The van der Waals surface area contributed by atoms with Crippen LogP contribution in [0, 0.1) is 0 Å². The van der Waals surface area contributed by atoms with Crippen molar-refractivity contribution in [1.82, 2.24) is 0 Å². The second kappa shape index (κ2) is 3.79. The number of alkyl halides is 1. The van der Waals surface area contributed by atoms with Gasteiger partial charge in [0.1, 0.15) is 18.1 Å². The summed E-state index contributed by atoms with van der Waals surface area (Å²) in [6.07, 6.45) is -0.510. The highest BCUT2D eigenvalue weighted by Crippen LogP contribution is 2.37. The van der Waals surface area contributed by atoms with Crippen LogP contribution in [0.1, 0.15) is 11.7 Å². The van der Waals surface area contributed by atoms with Crippen molar-refractivity contribution in [2.75, 3.05) is 13.7 Å². The second-order valence-electron chi connectivity index (χ2n) is 3.18. The van der Waals surface area contributed by atoms with Gasteiger partial charge < -0.3 is 14.6 Å². The molecule has 0 aliphatic carbocycles. The summed E-state index contributed by atoms with van der Waals surface area (Å²) < 4.78 is 10.5. The third-order valence-electron chi connectivity index (χ3n) is 2.28. The Hall–Kier alpha value is -0.740. The van der Waals surface area contributed by atoms with Gasteiger partial charge in [-0.1, -0.05) is 15.9 Å². The Kier molecular flexibility index (Phi) is 2.65. The topological polar surface area (TPSA) is 38.7 Å². The summed E-state index contributed by atoms with van der Waals surface area (Å²) in [6.45, 7) is 0.474. The molecule has 0 saturated carbocycles. The maximum Gasteiger partial charge on any atom is 0.128 e. The van der Waals surface area contributed by atoms with E-state index >= 15 is 0 Å². The number of aliphatic hydroxyl groups excluding tert-OH is 1. The van der Waals surface area contributed by atoms with Crippen molar-refractivity contribution in [3.63, 3.8) is 0 Å². The standard InChI is InChI=1S/C10H11BrO3/c1-13-6-2-3-7-9(4-6)14-5-8(11)10(7)12/h2-4,8,10,12H,5H2,1H3. The summed E-state index contributed by atoms with van der Waals surface area (Å²) in [5.74, 6) is 1.44. The Morgan fingerprint density at radius 1 is 1.57 bits per heavy atom. The Labute approximate surface area is 90.8 Å². The van der Waals surface area contributed by atoms with Crippen molar-refractivity contribution in [3.8, 4) is 11.5 Å². The summed E-state index contributed by atoms with van der Waals surface area (Å²) in [7, 11) is 1.61. The van der Waals surface area contributed by atoms with Crippen LogP contribution in [0.25, 0.3) is 0 Å². The van der Waals surface area contributed by atoms with Crippen molar-refractivity contribution in [2.45, 2.75) is 10.9 Å². The van der Waals surface area contributed by atoms with Crippen LogP contribution in [0.15, 0.2) is 18.2 Å². The first kappa shape index (κ1) is 9.80. The summed E-state index contributed by atoms with van der Waals surface area (Å²) in [5, 5.41) is 9.83. The van der Waals surface area contributed by atoms with E-state index in [-0.39, 0.29) is 4.83 Å². The van der Waals surface area contributed by atoms with E-state index in [0.29, 0.717) is 12.4 Å². The molecule has 1 aromatic rings. The highest BCUT2D eigenvalue weighted by molar-refractivity contribution is 9.09. The average molecular weight is 259 g/mol. The van der Waals surface area contributed by atoms with Gasteiger partial charge >= 0.3 is 0 Å². The quantitative estimate of drug-likeness (QED) is 0.782. The smallest absolute Gasteiger partial charge is 0.128 e. The summed E-state index contributed by atoms with van der Waals surface area (Å²) in [4.78, 5) is -0.0385. The molecular weight excluding hydrogens is 248 g/mol. The lowest BCUT2D eigenvalue weighted by Crippen LogP contribution is -2.25. The van der Waals surface area contributed by atoms with Gasteiger partial charge in [0, 0.05) is 11.6 Å². The molecule has 0 aromatic heterocycles. The molecule has 4 heteroatoms. The number of methoxy groups -OCH3 is 1. The van der Waals surface area contributed by atoms with E-state index < -0.39 is 6.10 Å². The molecule has 1 aliphatic heterocycles. The zero-order valence-electron chi connectivity index (χ0n) is 7.74. The number of aliphatic hydroxyl groups is 1. The number of fused-ring (bicyclic) bond motifs is 1. The predicted octanol–water partition coefficient (Wildman–Crippen LogP) is 1.88. The molecule has 14 heavy (non-hydrogen) atoms. The Balaban J connectivity index is 2.38. The molecule has 1 aliphatic rings. The van der Waals surface area contributed by atoms with E-state index in [0.717, 1.165) is 11.3 Å². The molecular formula is C10H11BrO3.